The zero-order chi connectivity index (χ0) is 13.0. The lowest BCUT2D eigenvalue weighted by Gasteiger charge is -2.16. The molecule has 18 heavy (non-hydrogen) atoms. The Morgan fingerprint density at radius 2 is 2.22 bits per heavy atom. The summed E-state index contributed by atoms with van der Waals surface area (Å²) in [6.07, 6.45) is 6.78. The number of amides is 1. The van der Waals surface area contributed by atoms with E-state index in [1.807, 2.05) is 0 Å². The quantitative estimate of drug-likeness (QED) is 0.647. The first kappa shape index (κ1) is 13.0. The minimum atomic E-state index is -0.697. The van der Waals surface area contributed by atoms with Crippen LogP contribution < -0.4 is 5.32 Å². The van der Waals surface area contributed by atoms with E-state index in [0.29, 0.717) is 0 Å². The Labute approximate surface area is 107 Å². The second-order valence-electron chi connectivity index (χ2n) is 5.13. The van der Waals surface area contributed by atoms with Crippen LogP contribution in [0, 0.1) is 11.9 Å². The molecular weight excluding hydrogens is 231 g/mol. The van der Waals surface area contributed by atoms with Crippen molar-refractivity contribution in [3.63, 3.8) is 0 Å². The number of carbonyl (C=O) groups is 1. The van der Waals surface area contributed by atoms with E-state index in [2.05, 4.69) is 17.2 Å². The van der Waals surface area contributed by atoms with Crippen LogP contribution in [0.2, 0.25) is 0 Å². The van der Waals surface area contributed by atoms with Gasteiger partial charge in [-0.15, -0.1) is 0 Å². The van der Waals surface area contributed by atoms with Gasteiger partial charge in [-0.25, -0.2) is 4.98 Å². The average molecular weight is 250 g/mol. The predicted octanol–water partition coefficient (Wildman–Crippen LogP) is 2.92. The van der Waals surface area contributed by atoms with E-state index in [-0.39, 0.29) is 17.5 Å². The van der Waals surface area contributed by atoms with Crippen molar-refractivity contribution in [1.82, 2.24) is 10.3 Å². The van der Waals surface area contributed by atoms with Gasteiger partial charge < -0.3 is 5.32 Å². The highest BCUT2D eigenvalue weighted by Gasteiger charge is 2.20. The molecule has 3 nitrogen and oxygen atoms in total. The van der Waals surface area contributed by atoms with Gasteiger partial charge in [-0.2, -0.15) is 4.39 Å². The maximum Gasteiger partial charge on any atom is 0.256 e. The lowest BCUT2D eigenvalue weighted by molar-refractivity contribution is 0.0928. The SMILES string of the molecule is CC1CCCC(NC(=O)c2cccnc2F)CC1. The van der Waals surface area contributed by atoms with Gasteiger partial charge in [0.05, 0.1) is 5.56 Å². The van der Waals surface area contributed by atoms with Crippen LogP contribution in [0.25, 0.3) is 0 Å². The molecule has 1 saturated carbocycles. The number of carbonyl (C=O) groups excluding carboxylic acids is 1. The van der Waals surface area contributed by atoms with Crippen LogP contribution in [0.4, 0.5) is 4.39 Å². The maximum atomic E-state index is 13.4. The highest BCUT2D eigenvalue weighted by molar-refractivity contribution is 5.94. The van der Waals surface area contributed by atoms with Crippen molar-refractivity contribution in [3.8, 4) is 0 Å². The smallest absolute Gasteiger partial charge is 0.256 e. The molecule has 4 heteroatoms. The van der Waals surface area contributed by atoms with E-state index in [1.165, 1.54) is 18.7 Å². The fourth-order valence-corrected chi connectivity index (χ4v) is 2.45. The third kappa shape index (κ3) is 3.28. The van der Waals surface area contributed by atoms with Crippen molar-refractivity contribution in [1.29, 1.82) is 0 Å². The molecule has 2 atom stereocenters. The molecule has 2 rings (SSSR count). The lowest BCUT2D eigenvalue weighted by atomic mass is 10.0. The van der Waals surface area contributed by atoms with Crippen molar-refractivity contribution in [2.24, 2.45) is 5.92 Å². The van der Waals surface area contributed by atoms with Gasteiger partial charge in [0.15, 0.2) is 0 Å². The number of aromatic nitrogens is 1. The van der Waals surface area contributed by atoms with E-state index in [0.717, 1.165) is 31.6 Å². The minimum absolute atomic E-state index is 0.0368. The van der Waals surface area contributed by atoms with Gasteiger partial charge in [-0.3, -0.25) is 4.79 Å². The van der Waals surface area contributed by atoms with E-state index in [4.69, 9.17) is 0 Å². The van der Waals surface area contributed by atoms with E-state index >= 15 is 0 Å². The highest BCUT2D eigenvalue weighted by atomic mass is 19.1. The molecule has 1 amide bonds. The fraction of sp³-hybridized carbons (Fsp3) is 0.571. The molecule has 0 bridgehead atoms. The molecule has 0 saturated heterocycles. The molecular formula is C14H19FN2O. The average Bonchev–Trinajstić information content (AvgIpc) is 2.55. The fourth-order valence-electron chi connectivity index (χ4n) is 2.45. The van der Waals surface area contributed by atoms with Gasteiger partial charge in [-0.05, 0) is 37.3 Å². The Morgan fingerprint density at radius 3 is 3.00 bits per heavy atom. The van der Waals surface area contributed by atoms with Crippen LogP contribution in [-0.2, 0) is 0 Å². The molecule has 1 aliphatic carbocycles. The molecule has 0 radical (unpaired) electrons. The van der Waals surface area contributed by atoms with Gasteiger partial charge in [0.1, 0.15) is 0 Å². The van der Waals surface area contributed by atoms with Crippen molar-refractivity contribution < 1.29 is 9.18 Å². The summed E-state index contributed by atoms with van der Waals surface area (Å²) in [6, 6.07) is 3.21. The summed E-state index contributed by atoms with van der Waals surface area (Å²) in [7, 11) is 0. The molecule has 0 aliphatic heterocycles. The van der Waals surface area contributed by atoms with Crippen LogP contribution in [0.1, 0.15) is 49.4 Å². The molecule has 2 unspecified atom stereocenters. The third-order valence-corrected chi connectivity index (χ3v) is 3.60. The Bertz CT molecular complexity index is 422. The Hall–Kier alpha value is -1.45. The normalized spacial score (nSPS) is 24.3. The van der Waals surface area contributed by atoms with Gasteiger partial charge in [0.2, 0.25) is 5.95 Å². The van der Waals surface area contributed by atoms with Crippen LogP contribution in [0.15, 0.2) is 18.3 Å². The largest absolute Gasteiger partial charge is 0.349 e. The summed E-state index contributed by atoms with van der Waals surface area (Å²) in [5.74, 6) is -0.320. The molecule has 1 aromatic heterocycles. The molecule has 1 aromatic rings. The van der Waals surface area contributed by atoms with Crippen LogP contribution >= 0.6 is 0 Å². The summed E-state index contributed by atoms with van der Waals surface area (Å²) in [5.41, 5.74) is 0.0368. The number of hydrogen-bond donors (Lipinski definition) is 1. The first-order chi connectivity index (χ1) is 8.66. The topological polar surface area (TPSA) is 42.0 Å². The monoisotopic (exact) mass is 250 g/mol. The summed E-state index contributed by atoms with van der Waals surface area (Å²) in [5, 5.41) is 2.92. The minimum Gasteiger partial charge on any atom is -0.349 e. The second-order valence-corrected chi connectivity index (χ2v) is 5.13. The molecule has 0 aromatic carbocycles. The molecule has 98 valence electrons. The van der Waals surface area contributed by atoms with Gasteiger partial charge in [-0.1, -0.05) is 19.8 Å². The first-order valence-corrected chi connectivity index (χ1v) is 6.58. The van der Waals surface area contributed by atoms with E-state index in [1.54, 1.807) is 6.07 Å². The zero-order valence-electron chi connectivity index (χ0n) is 10.7. The number of hydrogen-bond acceptors (Lipinski definition) is 2. The number of halogens is 1. The number of nitrogens with one attached hydrogen (secondary N) is 1. The number of nitrogens with zero attached hydrogens (tertiary/aromatic N) is 1. The van der Waals surface area contributed by atoms with E-state index in [9.17, 15) is 9.18 Å². The Balaban J connectivity index is 1.97. The predicted molar refractivity (Wildman–Crippen MR) is 67.7 cm³/mol. The summed E-state index contributed by atoms with van der Waals surface area (Å²) < 4.78 is 13.4. The third-order valence-electron chi connectivity index (χ3n) is 3.60. The molecule has 1 heterocycles. The maximum absolute atomic E-state index is 13.4. The molecule has 1 aliphatic rings. The van der Waals surface area contributed by atoms with Gasteiger partial charge >= 0.3 is 0 Å². The van der Waals surface area contributed by atoms with Crippen molar-refractivity contribution >= 4 is 5.91 Å². The summed E-state index contributed by atoms with van der Waals surface area (Å²) >= 11 is 0. The first-order valence-electron chi connectivity index (χ1n) is 6.58. The van der Waals surface area contributed by atoms with Gasteiger partial charge in [0, 0.05) is 12.2 Å². The lowest BCUT2D eigenvalue weighted by Crippen LogP contribution is -2.35. The van der Waals surface area contributed by atoms with Crippen molar-refractivity contribution in [2.75, 3.05) is 0 Å². The van der Waals surface area contributed by atoms with Crippen LogP contribution in [0.5, 0.6) is 0 Å². The number of pyridine rings is 1. The standard InChI is InChI=1S/C14H19FN2O/c1-10-4-2-5-11(8-7-10)17-14(18)12-6-3-9-16-13(12)15/h3,6,9-11H,2,4-5,7-8H2,1H3,(H,17,18). The number of rotatable bonds is 2. The van der Waals surface area contributed by atoms with Crippen molar-refractivity contribution in [3.05, 3.63) is 29.8 Å². The second kappa shape index (κ2) is 5.94. The van der Waals surface area contributed by atoms with Crippen molar-refractivity contribution in [2.45, 2.75) is 45.1 Å². The molecule has 1 fully saturated rings. The molecule has 0 spiro atoms. The van der Waals surface area contributed by atoms with Gasteiger partial charge in [0.25, 0.3) is 5.91 Å². The molecule has 1 N–H and O–H groups in total. The Morgan fingerprint density at radius 1 is 1.39 bits per heavy atom. The van der Waals surface area contributed by atoms with Crippen LogP contribution in [0.3, 0.4) is 0 Å². The zero-order valence-corrected chi connectivity index (χ0v) is 10.7. The van der Waals surface area contributed by atoms with E-state index < -0.39 is 5.95 Å². The summed E-state index contributed by atoms with van der Waals surface area (Å²) in [4.78, 5) is 15.4. The Kier molecular flexibility index (Phi) is 4.28. The van der Waals surface area contributed by atoms with Crippen LogP contribution in [-0.4, -0.2) is 16.9 Å². The highest BCUT2D eigenvalue weighted by Crippen LogP contribution is 2.22. The summed E-state index contributed by atoms with van der Waals surface area (Å²) in [6.45, 7) is 2.24.